The molecular weight excluding hydrogens is 598 g/mol. The van der Waals surface area contributed by atoms with Gasteiger partial charge in [-0.25, -0.2) is 4.79 Å². The Labute approximate surface area is 277 Å². The highest BCUT2D eigenvalue weighted by Crippen LogP contribution is 2.20. The molecule has 0 aliphatic rings. The average Bonchev–Trinajstić information content (AvgIpc) is 3.03. The summed E-state index contributed by atoms with van der Waals surface area (Å²) in [5.74, 6) is -1.47. The third-order valence-electron chi connectivity index (χ3n) is 7.66. The molecule has 0 fully saturated rings. The van der Waals surface area contributed by atoms with Crippen molar-refractivity contribution in [3.8, 4) is 0 Å². The number of hydrogen-bond acceptors (Lipinski definition) is 7. The molecule has 0 bridgehead atoms. The summed E-state index contributed by atoms with van der Waals surface area (Å²) in [6.45, 7) is 9.65. The fraction of sp³-hybridized carbons (Fsp3) is 0.459. The normalized spacial score (nSPS) is 13.8. The summed E-state index contributed by atoms with van der Waals surface area (Å²) >= 11 is 0. The monoisotopic (exact) mass is 647 g/mol. The molecule has 0 spiro atoms. The zero-order valence-electron chi connectivity index (χ0n) is 28.0. The smallest absolute Gasteiger partial charge is 0.408 e. The van der Waals surface area contributed by atoms with Crippen molar-refractivity contribution in [2.45, 2.75) is 91.1 Å². The predicted molar refractivity (Wildman–Crippen MR) is 181 cm³/mol. The van der Waals surface area contributed by atoms with Gasteiger partial charge in [-0.05, 0) is 53.5 Å². The number of aliphatic hydroxyl groups is 1. The zero-order valence-corrected chi connectivity index (χ0v) is 28.0. The van der Waals surface area contributed by atoms with Crippen LogP contribution in [0.2, 0.25) is 0 Å². The summed E-state index contributed by atoms with van der Waals surface area (Å²) < 4.78 is 10.4. The molecule has 4 N–H and O–H groups in total. The standard InChI is InChI=1S/C37H49N3O7/c1-6-46-34(42)22-33(41)30(19-24(2)3)38-35(43)31(20-25(4)5)39-36(44)32(40-37(45)47-23-26-13-8-7-9-14-26)21-28-17-12-16-27-15-10-11-18-29(27)28/h7-18,24-25,30-33,41H,6,19-23H2,1-5H3,(H,38,43)(H,39,44)(H,40,45)/t30?,31-,32-,33?/m0/s1. The van der Waals surface area contributed by atoms with Gasteiger partial charge in [0.1, 0.15) is 18.7 Å². The van der Waals surface area contributed by atoms with Crippen LogP contribution in [0, 0.1) is 11.8 Å². The van der Waals surface area contributed by atoms with E-state index in [1.165, 1.54) is 0 Å². The molecule has 254 valence electrons. The third-order valence-corrected chi connectivity index (χ3v) is 7.66. The van der Waals surface area contributed by atoms with Gasteiger partial charge in [0, 0.05) is 6.42 Å². The summed E-state index contributed by atoms with van der Waals surface area (Å²) in [4.78, 5) is 52.7. The molecule has 0 saturated carbocycles. The fourth-order valence-electron chi connectivity index (χ4n) is 5.42. The molecule has 10 heteroatoms. The van der Waals surface area contributed by atoms with Gasteiger partial charge in [0.05, 0.1) is 25.2 Å². The Kier molecular flexibility index (Phi) is 14.7. The van der Waals surface area contributed by atoms with Gasteiger partial charge in [-0.15, -0.1) is 0 Å². The molecule has 3 aromatic rings. The Hall–Kier alpha value is -4.44. The highest BCUT2D eigenvalue weighted by Gasteiger charge is 2.32. The van der Waals surface area contributed by atoms with Crippen molar-refractivity contribution in [3.63, 3.8) is 0 Å². The summed E-state index contributed by atoms with van der Waals surface area (Å²) in [5.41, 5.74) is 1.64. The lowest BCUT2D eigenvalue weighted by Crippen LogP contribution is -2.57. The Morgan fingerprint density at radius 2 is 1.36 bits per heavy atom. The average molecular weight is 648 g/mol. The molecule has 3 amide bonds. The molecule has 2 unspecified atom stereocenters. The molecule has 0 radical (unpaired) electrons. The van der Waals surface area contributed by atoms with E-state index < -0.39 is 48.1 Å². The third kappa shape index (κ3) is 12.4. The first-order valence-corrected chi connectivity index (χ1v) is 16.3. The van der Waals surface area contributed by atoms with Crippen LogP contribution in [0.1, 0.15) is 65.0 Å². The first-order chi connectivity index (χ1) is 22.5. The second-order valence-electron chi connectivity index (χ2n) is 12.6. The van der Waals surface area contributed by atoms with Gasteiger partial charge in [0.15, 0.2) is 0 Å². The van der Waals surface area contributed by atoms with Crippen molar-refractivity contribution in [3.05, 3.63) is 83.9 Å². The lowest BCUT2D eigenvalue weighted by Gasteiger charge is -2.29. The van der Waals surface area contributed by atoms with Crippen molar-refractivity contribution < 1.29 is 33.8 Å². The van der Waals surface area contributed by atoms with Gasteiger partial charge in [-0.3, -0.25) is 14.4 Å². The first-order valence-electron chi connectivity index (χ1n) is 16.3. The van der Waals surface area contributed by atoms with E-state index in [0.29, 0.717) is 12.8 Å². The maximum Gasteiger partial charge on any atom is 0.408 e. The van der Waals surface area contributed by atoms with Gasteiger partial charge >= 0.3 is 12.1 Å². The van der Waals surface area contributed by atoms with Gasteiger partial charge in [0.2, 0.25) is 11.8 Å². The Balaban J connectivity index is 1.83. The van der Waals surface area contributed by atoms with E-state index in [4.69, 9.17) is 9.47 Å². The molecule has 0 aliphatic heterocycles. The lowest BCUT2D eigenvalue weighted by atomic mass is 9.95. The molecule has 0 saturated heterocycles. The predicted octanol–water partition coefficient (Wildman–Crippen LogP) is 5.05. The number of aliphatic hydroxyl groups excluding tert-OH is 1. The van der Waals surface area contributed by atoms with E-state index in [-0.39, 0.29) is 37.9 Å². The highest BCUT2D eigenvalue weighted by molar-refractivity contribution is 5.92. The van der Waals surface area contributed by atoms with Crippen LogP contribution in [0.3, 0.4) is 0 Å². The van der Waals surface area contributed by atoms with E-state index in [0.717, 1.165) is 21.9 Å². The van der Waals surface area contributed by atoms with Crippen molar-refractivity contribution in [2.24, 2.45) is 11.8 Å². The minimum Gasteiger partial charge on any atom is -0.466 e. The maximum absolute atomic E-state index is 13.9. The quantitative estimate of drug-likeness (QED) is 0.150. The molecule has 0 heterocycles. The number of esters is 1. The molecule has 10 nitrogen and oxygen atoms in total. The van der Waals surface area contributed by atoms with Crippen molar-refractivity contribution >= 4 is 34.6 Å². The Morgan fingerprint density at radius 3 is 2.04 bits per heavy atom. The molecule has 4 atom stereocenters. The molecular formula is C37H49N3O7. The van der Waals surface area contributed by atoms with Crippen LogP contribution >= 0.6 is 0 Å². The van der Waals surface area contributed by atoms with Crippen molar-refractivity contribution in [1.82, 2.24) is 16.0 Å². The molecule has 3 rings (SSSR count). The first kappa shape index (κ1) is 37.0. The van der Waals surface area contributed by atoms with Crippen LogP contribution < -0.4 is 16.0 Å². The van der Waals surface area contributed by atoms with Gasteiger partial charge in [0.25, 0.3) is 0 Å². The zero-order chi connectivity index (χ0) is 34.3. The molecule has 0 aliphatic carbocycles. The van der Waals surface area contributed by atoms with Crippen molar-refractivity contribution in [1.29, 1.82) is 0 Å². The van der Waals surface area contributed by atoms with E-state index in [1.807, 2.05) is 100 Å². The number of carbonyl (C=O) groups is 4. The second kappa shape index (κ2) is 18.6. The molecule has 3 aromatic carbocycles. The highest BCUT2D eigenvalue weighted by atomic mass is 16.5. The topological polar surface area (TPSA) is 143 Å². The van der Waals surface area contributed by atoms with Gasteiger partial charge < -0.3 is 30.5 Å². The summed E-state index contributed by atoms with van der Waals surface area (Å²) in [6.07, 6.45) is -1.34. The van der Waals surface area contributed by atoms with Gasteiger partial charge in [-0.2, -0.15) is 0 Å². The number of ether oxygens (including phenoxy) is 2. The van der Waals surface area contributed by atoms with Crippen LogP contribution in [0.5, 0.6) is 0 Å². The Bertz CT molecular complexity index is 1460. The van der Waals surface area contributed by atoms with Crippen LogP contribution in [0.25, 0.3) is 10.8 Å². The van der Waals surface area contributed by atoms with Crippen LogP contribution in [0.4, 0.5) is 4.79 Å². The minimum absolute atomic E-state index is 0.0268. The number of alkyl carbamates (subject to hydrolysis) is 1. The second-order valence-corrected chi connectivity index (χ2v) is 12.6. The Morgan fingerprint density at radius 1 is 0.723 bits per heavy atom. The number of nitrogens with one attached hydrogen (secondary N) is 3. The fourth-order valence-corrected chi connectivity index (χ4v) is 5.42. The van der Waals surface area contributed by atoms with Crippen LogP contribution in [-0.2, 0) is 36.9 Å². The lowest BCUT2D eigenvalue weighted by molar-refractivity contribution is -0.146. The number of fused-ring (bicyclic) bond motifs is 1. The van der Waals surface area contributed by atoms with Crippen LogP contribution in [-0.4, -0.2) is 59.8 Å². The van der Waals surface area contributed by atoms with Crippen LogP contribution in [0.15, 0.2) is 72.8 Å². The summed E-state index contributed by atoms with van der Waals surface area (Å²) in [5, 5.41) is 21.2. The number of amides is 3. The minimum atomic E-state index is -1.17. The maximum atomic E-state index is 13.9. The summed E-state index contributed by atoms with van der Waals surface area (Å²) in [7, 11) is 0. The molecule has 0 aromatic heterocycles. The van der Waals surface area contributed by atoms with E-state index >= 15 is 0 Å². The number of hydrogen-bond donors (Lipinski definition) is 4. The largest absolute Gasteiger partial charge is 0.466 e. The van der Waals surface area contributed by atoms with E-state index in [2.05, 4.69) is 16.0 Å². The SMILES string of the molecule is CCOC(=O)CC(O)C(CC(C)C)NC(=O)[C@H](CC(C)C)NC(=O)[C@H](Cc1cccc2ccccc12)NC(=O)OCc1ccccc1. The number of benzene rings is 3. The summed E-state index contributed by atoms with van der Waals surface area (Å²) in [6, 6.07) is 20.0. The van der Waals surface area contributed by atoms with E-state index in [1.54, 1.807) is 6.92 Å². The molecule has 47 heavy (non-hydrogen) atoms. The van der Waals surface area contributed by atoms with E-state index in [9.17, 15) is 24.3 Å². The van der Waals surface area contributed by atoms with Gasteiger partial charge in [-0.1, -0.05) is 100 Å². The number of rotatable bonds is 17. The van der Waals surface area contributed by atoms with Crippen molar-refractivity contribution in [2.75, 3.05) is 6.61 Å². The number of carbonyl (C=O) groups excluding carboxylic acids is 4.